The second-order valence-electron chi connectivity index (χ2n) is 7.60. The van der Waals surface area contributed by atoms with Crippen molar-refractivity contribution in [2.24, 2.45) is 5.92 Å². The van der Waals surface area contributed by atoms with Gasteiger partial charge in [-0.3, -0.25) is 9.59 Å². The van der Waals surface area contributed by atoms with Crippen molar-refractivity contribution in [2.45, 2.75) is 46.1 Å². The fourth-order valence-corrected chi connectivity index (χ4v) is 3.61. The molecular weight excluding hydrogens is 336 g/mol. The van der Waals surface area contributed by atoms with E-state index in [1.54, 1.807) is 16.7 Å². The standard InChI is InChI=1S/C23H28N2O2/c1-16-8-6-5-7-9-22(16)17(2)10-13-21-15-24(23(27)20-11-12-20)14-18(3)25(21)19(4)26/h5-7,9-10,13,15,18,20H,2,8,11-12,14H2,1,3-4H3/b13-10-. The molecule has 0 radical (unpaired) electrons. The molecule has 0 spiro atoms. The van der Waals surface area contributed by atoms with Crippen LogP contribution in [-0.2, 0) is 9.59 Å². The van der Waals surface area contributed by atoms with Gasteiger partial charge in [0.05, 0.1) is 11.7 Å². The summed E-state index contributed by atoms with van der Waals surface area (Å²) in [6.07, 6.45) is 16.8. The molecule has 142 valence electrons. The highest BCUT2D eigenvalue weighted by Crippen LogP contribution is 2.33. The van der Waals surface area contributed by atoms with Crippen molar-refractivity contribution in [1.82, 2.24) is 9.80 Å². The maximum Gasteiger partial charge on any atom is 0.229 e. The molecule has 1 unspecified atom stereocenters. The van der Waals surface area contributed by atoms with Crippen molar-refractivity contribution in [2.75, 3.05) is 6.54 Å². The summed E-state index contributed by atoms with van der Waals surface area (Å²) in [5.74, 6) is 0.316. The van der Waals surface area contributed by atoms with E-state index in [2.05, 4.69) is 25.7 Å². The van der Waals surface area contributed by atoms with E-state index in [9.17, 15) is 9.59 Å². The lowest BCUT2D eigenvalue weighted by atomic mass is 9.99. The Bertz CT molecular complexity index is 806. The minimum Gasteiger partial charge on any atom is -0.315 e. The van der Waals surface area contributed by atoms with E-state index in [1.807, 2.05) is 37.4 Å². The fraction of sp³-hybridized carbons (Fsp3) is 0.391. The van der Waals surface area contributed by atoms with E-state index in [0.717, 1.165) is 36.1 Å². The molecule has 1 aliphatic heterocycles. The van der Waals surface area contributed by atoms with E-state index in [1.165, 1.54) is 5.57 Å². The van der Waals surface area contributed by atoms with Crippen LogP contribution in [-0.4, -0.2) is 34.2 Å². The largest absolute Gasteiger partial charge is 0.315 e. The van der Waals surface area contributed by atoms with E-state index in [4.69, 9.17) is 0 Å². The molecule has 2 aliphatic carbocycles. The van der Waals surface area contributed by atoms with E-state index in [0.29, 0.717) is 6.54 Å². The van der Waals surface area contributed by atoms with E-state index in [-0.39, 0.29) is 23.8 Å². The predicted octanol–water partition coefficient (Wildman–Crippen LogP) is 4.26. The van der Waals surface area contributed by atoms with Crippen molar-refractivity contribution in [3.8, 4) is 0 Å². The predicted molar refractivity (Wildman–Crippen MR) is 108 cm³/mol. The molecule has 0 aromatic heterocycles. The second-order valence-corrected chi connectivity index (χ2v) is 7.60. The van der Waals surface area contributed by atoms with Crippen molar-refractivity contribution >= 4 is 11.8 Å². The Morgan fingerprint density at radius 1 is 1.26 bits per heavy atom. The third-order valence-electron chi connectivity index (χ3n) is 5.21. The van der Waals surface area contributed by atoms with Crippen LogP contribution in [0.25, 0.3) is 0 Å². The number of nitrogens with zero attached hydrogens (tertiary/aromatic N) is 2. The minimum atomic E-state index is -0.0500. The van der Waals surface area contributed by atoms with Gasteiger partial charge < -0.3 is 9.80 Å². The Kier molecular flexibility index (Phi) is 5.64. The molecule has 27 heavy (non-hydrogen) atoms. The lowest BCUT2D eigenvalue weighted by Crippen LogP contribution is -2.48. The number of allylic oxidation sites excluding steroid dienone is 9. The molecule has 0 aromatic rings. The first-order chi connectivity index (χ1) is 12.9. The molecule has 0 aromatic carbocycles. The van der Waals surface area contributed by atoms with Gasteiger partial charge >= 0.3 is 0 Å². The first-order valence-corrected chi connectivity index (χ1v) is 9.61. The van der Waals surface area contributed by atoms with Crippen LogP contribution in [0.2, 0.25) is 0 Å². The molecule has 4 nitrogen and oxygen atoms in total. The highest BCUT2D eigenvalue weighted by Gasteiger charge is 2.36. The average Bonchev–Trinajstić information content (AvgIpc) is 3.46. The lowest BCUT2D eigenvalue weighted by molar-refractivity contribution is -0.135. The number of carbonyl (C=O) groups excluding carboxylic acids is 2. The topological polar surface area (TPSA) is 40.6 Å². The minimum absolute atomic E-state index is 0.0171. The Morgan fingerprint density at radius 3 is 2.67 bits per heavy atom. The van der Waals surface area contributed by atoms with E-state index < -0.39 is 0 Å². The molecule has 0 N–H and O–H groups in total. The third kappa shape index (κ3) is 4.38. The molecule has 1 saturated carbocycles. The molecule has 1 heterocycles. The number of amides is 2. The number of hydrogen-bond donors (Lipinski definition) is 0. The van der Waals surface area contributed by atoms with Crippen molar-refractivity contribution in [3.63, 3.8) is 0 Å². The van der Waals surface area contributed by atoms with Crippen LogP contribution < -0.4 is 0 Å². The number of hydrogen-bond acceptors (Lipinski definition) is 2. The van der Waals surface area contributed by atoms with Gasteiger partial charge in [-0.05, 0) is 50.3 Å². The monoisotopic (exact) mass is 364 g/mol. The first-order valence-electron chi connectivity index (χ1n) is 9.61. The number of rotatable bonds is 4. The van der Waals surface area contributed by atoms with Crippen LogP contribution in [0.15, 0.2) is 71.7 Å². The lowest BCUT2D eigenvalue weighted by Gasteiger charge is -2.37. The van der Waals surface area contributed by atoms with Gasteiger partial charge in [-0.25, -0.2) is 0 Å². The summed E-state index contributed by atoms with van der Waals surface area (Å²) in [5.41, 5.74) is 4.01. The highest BCUT2D eigenvalue weighted by atomic mass is 16.2. The summed E-state index contributed by atoms with van der Waals surface area (Å²) < 4.78 is 0. The fourth-order valence-electron chi connectivity index (χ4n) is 3.61. The Balaban J connectivity index is 1.85. The molecule has 3 aliphatic rings. The molecule has 3 rings (SSSR count). The van der Waals surface area contributed by atoms with Crippen LogP contribution in [0.3, 0.4) is 0 Å². The summed E-state index contributed by atoms with van der Waals surface area (Å²) in [6.45, 7) is 10.4. The van der Waals surface area contributed by atoms with Crippen LogP contribution in [0.1, 0.15) is 40.0 Å². The molecule has 4 heteroatoms. The molecule has 1 atom stereocenters. The quantitative estimate of drug-likeness (QED) is 0.699. The summed E-state index contributed by atoms with van der Waals surface area (Å²) >= 11 is 0. The maximum atomic E-state index is 12.5. The molecular formula is C23H28N2O2. The van der Waals surface area contributed by atoms with Crippen LogP contribution in [0.5, 0.6) is 0 Å². The van der Waals surface area contributed by atoms with Gasteiger partial charge in [0.15, 0.2) is 0 Å². The summed E-state index contributed by atoms with van der Waals surface area (Å²) in [6, 6.07) is -0.0500. The van der Waals surface area contributed by atoms with Gasteiger partial charge in [-0.1, -0.05) is 42.5 Å². The van der Waals surface area contributed by atoms with Gasteiger partial charge in [0.25, 0.3) is 0 Å². The normalized spacial score (nSPS) is 22.9. The molecule has 2 amide bonds. The molecule has 0 bridgehead atoms. The zero-order chi connectivity index (χ0) is 19.6. The first kappa shape index (κ1) is 19.2. The van der Waals surface area contributed by atoms with Gasteiger partial charge in [0.1, 0.15) is 0 Å². The maximum absolute atomic E-state index is 12.5. The van der Waals surface area contributed by atoms with Crippen LogP contribution in [0.4, 0.5) is 0 Å². The van der Waals surface area contributed by atoms with Crippen molar-refractivity contribution in [1.29, 1.82) is 0 Å². The van der Waals surface area contributed by atoms with Crippen LogP contribution in [0, 0.1) is 5.92 Å². The van der Waals surface area contributed by atoms with Crippen LogP contribution >= 0.6 is 0 Å². The highest BCUT2D eigenvalue weighted by molar-refractivity contribution is 5.83. The summed E-state index contributed by atoms with van der Waals surface area (Å²) in [7, 11) is 0. The Morgan fingerprint density at radius 2 is 2.00 bits per heavy atom. The van der Waals surface area contributed by atoms with Crippen molar-refractivity contribution in [3.05, 3.63) is 71.7 Å². The summed E-state index contributed by atoms with van der Waals surface area (Å²) in [5, 5.41) is 0. The average molecular weight is 364 g/mol. The molecule has 0 saturated heterocycles. The zero-order valence-electron chi connectivity index (χ0n) is 16.4. The summed E-state index contributed by atoms with van der Waals surface area (Å²) in [4.78, 5) is 28.2. The van der Waals surface area contributed by atoms with Crippen molar-refractivity contribution < 1.29 is 9.59 Å². The van der Waals surface area contributed by atoms with Gasteiger partial charge in [-0.2, -0.15) is 0 Å². The second kappa shape index (κ2) is 7.95. The number of carbonyl (C=O) groups is 2. The Hall–Kier alpha value is -2.62. The van der Waals surface area contributed by atoms with E-state index >= 15 is 0 Å². The third-order valence-corrected chi connectivity index (χ3v) is 5.21. The molecule has 1 fully saturated rings. The van der Waals surface area contributed by atoms with Gasteiger partial charge in [0.2, 0.25) is 11.8 Å². The van der Waals surface area contributed by atoms with Gasteiger partial charge in [0, 0.05) is 25.6 Å². The smallest absolute Gasteiger partial charge is 0.229 e. The Labute approximate surface area is 161 Å². The SMILES string of the molecule is C=C(/C=C\C1=CN(C(=O)C2CC2)CC(C)N1C(C)=O)C1=C(C)CC=CC=C1. The van der Waals surface area contributed by atoms with Gasteiger partial charge in [-0.15, -0.1) is 0 Å². The zero-order valence-corrected chi connectivity index (χ0v) is 16.4.